The summed E-state index contributed by atoms with van der Waals surface area (Å²) in [7, 11) is 2.77. The monoisotopic (exact) mass is 299 g/mol. The number of hydrogen-bond acceptors (Lipinski definition) is 3. The van der Waals surface area contributed by atoms with E-state index >= 15 is 0 Å². The van der Waals surface area contributed by atoms with Crippen molar-refractivity contribution in [1.29, 1.82) is 0 Å². The van der Waals surface area contributed by atoms with Crippen LogP contribution >= 0.6 is 0 Å². The van der Waals surface area contributed by atoms with Gasteiger partial charge in [0.2, 0.25) is 0 Å². The minimum atomic E-state index is -1.59. The van der Waals surface area contributed by atoms with Crippen LogP contribution in [-0.2, 0) is 20.6 Å². The van der Waals surface area contributed by atoms with E-state index in [4.69, 9.17) is 0 Å². The third-order valence-corrected chi connectivity index (χ3v) is 3.02. The van der Waals surface area contributed by atoms with Crippen LogP contribution in [0.1, 0.15) is 5.56 Å². The number of hydrogen-bond donors (Lipinski definition) is 1. The average molecular weight is 299 g/mol. The third-order valence-electron chi connectivity index (χ3n) is 3.02. The summed E-state index contributed by atoms with van der Waals surface area (Å²) < 4.78 is 41.4. The first-order valence-corrected chi connectivity index (χ1v) is 5.96. The molecule has 2 rings (SSSR count). The lowest BCUT2D eigenvalue weighted by atomic mass is 10.2. The molecule has 0 aliphatic heterocycles. The van der Waals surface area contributed by atoms with Gasteiger partial charge in [-0.25, -0.2) is 18.0 Å². The van der Waals surface area contributed by atoms with Gasteiger partial charge in [0.15, 0.2) is 17.5 Å². The third kappa shape index (κ3) is 2.69. The van der Waals surface area contributed by atoms with Gasteiger partial charge in [-0.05, 0) is 12.1 Å². The van der Waals surface area contributed by atoms with E-state index in [1.54, 1.807) is 0 Å². The van der Waals surface area contributed by atoms with Gasteiger partial charge in [0, 0.05) is 26.8 Å². The van der Waals surface area contributed by atoms with Gasteiger partial charge in [-0.3, -0.25) is 9.36 Å². The molecule has 1 aromatic carbocycles. The Morgan fingerprint density at radius 1 is 1.10 bits per heavy atom. The number of halogens is 3. The van der Waals surface area contributed by atoms with E-state index < -0.39 is 28.7 Å². The first-order chi connectivity index (χ1) is 9.82. The molecule has 2 aromatic rings. The summed E-state index contributed by atoms with van der Waals surface area (Å²) in [6.07, 6.45) is 1.30. The lowest BCUT2D eigenvalue weighted by Gasteiger charge is -2.10. The highest BCUT2D eigenvalue weighted by atomic mass is 19.2. The molecule has 0 atom stereocenters. The van der Waals surface area contributed by atoms with E-state index in [2.05, 4.69) is 5.32 Å². The normalized spacial score (nSPS) is 10.7. The van der Waals surface area contributed by atoms with Crippen molar-refractivity contribution < 1.29 is 13.2 Å². The minimum absolute atomic E-state index is 0.136. The van der Waals surface area contributed by atoms with Crippen molar-refractivity contribution in [2.24, 2.45) is 14.1 Å². The molecule has 0 aliphatic carbocycles. The van der Waals surface area contributed by atoms with Gasteiger partial charge in [-0.1, -0.05) is 0 Å². The van der Waals surface area contributed by atoms with Crippen LogP contribution < -0.4 is 16.6 Å². The molecule has 1 N–H and O–H groups in total. The molecular weight excluding hydrogens is 287 g/mol. The topological polar surface area (TPSA) is 56.0 Å². The summed E-state index contributed by atoms with van der Waals surface area (Å²) in [5.74, 6) is -4.25. The number of nitrogens with one attached hydrogen (secondary N) is 1. The summed E-state index contributed by atoms with van der Waals surface area (Å²) in [5.41, 5.74) is -1.13. The van der Waals surface area contributed by atoms with Crippen LogP contribution in [0.4, 0.5) is 18.9 Å². The van der Waals surface area contributed by atoms with Crippen molar-refractivity contribution in [3.05, 3.63) is 62.2 Å². The number of aryl methyl sites for hydroxylation is 1. The average Bonchev–Trinajstić information content (AvgIpc) is 2.46. The molecule has 112 valence electrons. The van der Waals surface area contributed by atoms with Crippen LogP contribution in [0.2, 0.25) is 0 Å². The van der Waals surface area contributed by atoms with Gasteiger partial charge in [0.25, 0.3) is 5.56 Å². The highest BCUT2D eigenvalue weighted by Gasteiger charge is 2.14. The van der Waals surface area contributed by atoms with Crippen molar-refractivity contribution in [2.75, 3.05) is 5.32 Å². The Bertz CT molecular complexity index is 812. The second-order valence-electron chi connectivity index (χ2n) is 4.49. The Balaban J connectivity index is 2.32. The number of anilines is 1. The lowest BCUT2D eigenvalue weighted by molar-refractivity contribution is 0.449. The van der Waals surface area contributed by atoms with E-state index in [1.807, 2.05) is 0 Å². The fourth-order valence-corrected chi connectivity index (χ4v) is 1.86. The quantitative estimate of drug-likeness (QED) is 0.864. The fraction of sp³-hybridized carbons (Fsp3) is 0.231. The molecule has 1 aromatic heterocycles. The second-order valence-corrected chi connectivity index (χ2v) is 4.49. The van der Waals surface area contributed by atoms with Crippen molar-refractivity contribution >= 4 is 5.69 Å². The standard InChI is InChI=1S/C13H12F3N3O2/c1-18-6-7(12(20)19(2)13(18)21)5-17-9-4-3-8(14)10(15)11(9)16/h3-4,6,17H,5H2,1-2H3. The molecule has 8 heteroatoms. The zero-order chi connectivity index (χ0) is 15.7. The predicted octanol–water partition coefficient (Wildman–Crippen LogP) is 1.11. The van der Waals surface area contributed by atoms with Crippen molar-refractivity contribution in [2.45, 2.75) is 6.54 Å². The van der Waals surface area contributed by atoms with Crippen LogP contribution in [0.25, 0.3) is 0 Å². The molecule has 0 fully saturated rings. The molecule has 0 aliphatic rings. The number of benzene rings is 1. The number of nitrogens with zero attached hydrogens (tertiary/aromatic N) is 2. The Labute approximate surface area is 117 Å². The van der Waals surface area contributed by atoms with Crippen molar-refractivity contribution in [3.63, 3.8) is 0 Å². The minimum Gasteiger partial charge on any atom is -0.378 e. The molecule has 0 radical (unpaired) electrons. The maximum atomic E-state index is 13.5. The van der Waals surface area contributed by atoms with Crippen molar-refractivity contribution in [1.82, 2.24) is 9.13 Å². The second kappa shape index (κ2) is 5.47. The molecule has 0 saturated heterocycles. The smallest absolute Gasteiger partial charge is 0.330 e. The summed E-state index contributed by atoms with van der Waals surface area (Å²) >= 11 is 0. The Morgan fingerprint density at radius 3 is 2.43 bits per heavy atom. The molecule has 5 nitrogen and oxygen atoms in total. The van der Waals surface area contributed by atoms with Crippen LogP contribution in [0.5, 0.6) is 0 Å². The van der Waals surface area contributed by atoms with Crippen molar-refractivity contribution in [3.8, 4) is 0 Å². The van der Waals surface area contributed by atoms with Crippen LogP contribution in [0, 0.1) is 17.5 Å². The van der Waals surface area contributed by atoms with Gasteiger partial charge >= 0.3 is 5.69 Å². The van der Waals surface area contributed by atoms with Crippen LogP contribution in [0.3, 0.4) is 0 Å². The summed E-state index contributed by atoms with van der Waals surface area (Å²) in [4.78, 5) is 23.4. The predicted molar refractivity (Wildman–Crippen MR) is 70.6 cm³/mol. The SMILES string of the molecule is Cn1cc(CNc2ccc(F)c(F)c2F)c(=O)n(C)c1=O. The van der Waals surface area contributed by atoms with E-state index in [-0.39, 0.29) is 17.8 Å². The van der Waals surface area contributed by atoms with E-state index in [9.17, 15) is 22.8 Å². The zero-order valence-electron chi connectivity index (χ0n) is 11.3. The highest BCUT2D eigenvalue weighted by Crippen LogP contribution is 2.19. The summed E-state index contributed by atoms with van der Waals surface area (Å²) in [6.45, 7) is -0.136. The molecule has 1 heterocycles. The molecule has 0 bridgehead atoms. The maximum Gasteiger partial charge on any atom is 0.330 e. The largest absolute Gasteiger partial charge is 0.378 e. The molecule has 21 heavy (non-hydrogen) atoms. The molecule has 0 amide bonds. The summed E-state index contributed by atoms with van der Waals surface area (Å²) in [5, 5.41) is 2.50. The Hall–Kier alpha value is -2.51. The van der Waals surface area contributed by atoms with Gasteiger partial charge in [0.05, 0.1) is 11.3 Å². The first-order valence-electron chi connectivity index (χ1n) is 5.96. The van der Waals surface area contributed by atoms with E-state index in [0.29, 0.717) is 0 Å². The zero-order valence-corrected chi connectivity index (χ0v) is 11.3. The Morgan fingerprint density at radius 2 is 1.76 bits per heavy atom. The molecule has 0 unspecified atom stereocenters. The van der Waals surface area contributed by atoms with Gasteiger partial charge in [-0.15, -0.1) is 0 Å². The highest BCUT2D eigenvalue weighted by molar-refractivity contribution is 5.45. The lowest BCUT2D eigenvalue weighted by Crippen LogP contribution is -2.38. The Kier molecular flexibility index (Phi) is 3.88. The van der Waals surface area contributed by atoms with Gasteiger partial charge in [0.1, 0.15) is 0 Å². The first kappa shape index (κ1) is 14.9. The molecule has 0 saturated carbocycles. The summed E-state index contributed by atoms with van der Waals surface area (Å²) in [6, 6.07) is 1.81. The number of rotatable bonds is 3. The van der Waals surface area contributed by atoms with E-state index in [0.717, 1.165) is 16.7 Å². The van der Waals surface area contributed by atoms with Crippen LogP contribution in [-0.4, -0.2) is 9.13 Å². The van der Waals surface area contributed by atoms with E-state index in [1.165, 1.54) is 24.9 Å². The maximum absolute atomic E-state index is 13.5. The molecular formula is C13H12F3N3O2. The van der Waals surface area contributed by atoms with Crippen LogP contribution in [0.15, 0.2) is 27.9 Å². The molecule has 0 spiro atoms. The fourth-order valence-electron chi connectivity index (χ4n) is 1.86. The number of aromatic nitrogens is 2. The van der Waals surface area contributed by atoms with Gasteiger partial charge in [-0.2, -0.15) is 0 Å². The van der Waals surface area contributed by atoms with Gasteiger partial charge < -0.3 is 9.88 Å².